The Morgan fingerprint density at radius 1 is 1.56 bits per heavy atom. The van der Waals surface area contributed by atoms with E-state index < -0.39 is 0 Å². The van der Waals surface area contributed by atoms with Gasteiger partial charge in [-0.15, -0.1) is 11.3 Å². The summed E-state index contributed by atoms with van der Waals surface area (Å²) in [4.78, 5) is 4.44. The lowest BCUT2D eigenvalue weighted by molar-refractivity contribution is 1.51. The van der Waals surface area contributed by atoms with E-state index in [1.54, 1.807) is 11.3 Å². The van der Waals surface area contributed by atoms with Crippen molar-refractivity contribution in [1.29, 1.82) is 0 Å². The Morgan fingerprint density at radius 2 is 2.44 bits per heavy atom. The van der Waals surface area contributed by atoms with Gasteiger partial charge in [-0.05, 0) is 23.9 Å². The summed E-state index contributed by atoms with van der Waals surface area (Å²) in [5.41, 5.74) is 1.37. The van der Waals surface area contributed by atoms with E-state index in [1.807, 2.05) is 6.20 Å². The van der Waals surface area contributed by atoms with E-state index >= 15 is 0 Å². The lowest BCUT2D eigenvalue weighted by Gasteiger charge is -1.75. The molecule has 0 radical (unpaired) electrons. The first-order chi connectivity index (χ1) is 4.38. The minimum atomic E-state index is 1.28. The average molecular weight is 137 g/mol. The van der Waals surface area contributed by atoms with Gasteiger partial charge in [-0.1, -0.05) is 0 Å². The third kappa shape index (κ3) is 0.598. The van der Waals surface area contributed by atoms with Gasteiger partial charge in [0.25, 0.3) is 0 Å². The van der Waals surface area contributed by atoms with Gasteiger partial charge in [-0.25, -0.2) is 0 Å². The van der Waals surface area contributed by atoms with Gasteiger partial charge in [0.1, 0.15) is 0 Å². The summed E-state index contributed by atoms with van der Waals surface area (Å²) in [5.74, 6) is 0. The maximum Gasteiger partial charge on any atom is 0.0999 e. The van der Waals surface area contributed by atoms with Crippen LogP contribution in [0.15, 0.2) is 17.6 Å². The molecule has 0 bridgehead atoms. The van der Waals surface area contributed by atoms with E-state index in [0.29, 0.717) is 0 Å². The first kappa shape index (κ1) is 5.06. The molecule has 2 rings (SSSR count). The molecule has 0 amide bonds. The Labute approximate surface area is 57.3 Å². The van der Waals surface area contributed by atoms with Gasteiger partial charge in [0.15, 0.2) is 0 Å². The minimum Gasteiger partial charge on any atom is -0.353 e. The molecule has 0 saturated heterocycles. The maximum absolute atomic E-state index is 3.16. The van der Waals surface area contributed by atoms with Crippen molar-refractivity contribution in [2.75, 3.05) is 0 Å². The van der Waals surface area contributed by atoms with Crippen molar-refractivity contribution in [2.45, 2.75) is 6.92 Å². The first-order valence-electron chi connectivity index (χ1n) is 2.89. The van der Waals surface area contributed by atoms with Crippen LogP contribution in [0.1, 0.15) is 5.56 Å². The van der Waals surface area contributed by atoms with Gasteiger partial charge >= 0.3 is 0 Å². The third-order valence-corrected chi connectivity index (χ3v) is 2.53. The molecule has 0 fully saturated rings. The second-order valence-corrected chi connectivity index (χ2v) is 3.02. The molecule has 0 unspecified atom stereocenters. The van der Waals surface area contributed by atoms with Gasteiger partial charge < -0.3 is 4.98 Å². The smallest absolute Gasteiger partial charge is 0.0999 e. The van der Waals surface area contributed by atoms with Gasteiger partial charge in [-0.3, -0.25) is 0 Å². The van der Waals surface area contributed by atoms with Crippen LogP contribution in [0.4, 0.5) is 0 Å². The van der Waals surface area contributed by atoms with E-state index in [1.165, 1.54) is 15.8 Å². The Bertz CT molecular complexity index is 318. The zero-order chi connectivity index (χ0) is 6.27. The number of H-pyrrole nitrogens is 1. The third-order valence-electron chi connectivity index (χ3n) is 1.49. The summed E-state index contributed by atoms with van der Waals surface area (Å²) in [6, 6.07) is 2.11. The number of fused-ring (bicyclic) bond motifs is 1. The van der Waals surface area contributed by atoms with Crippen LogP contribution in [0.2, 0.25) is 0 Å². The molecule has 2 heterocycles. The van der Waals surface area contributed by atoms with Gasteiger partial charge in [0.05, 0.1) is 4.83 Å². The molecular formula is C7H7NS. The van der Waals surface area contributed by atoms with E-state index in [-0.39, 0.29) is 0 Å². The molecule has 0 spiro atoms. The molecule has 2 heteroatoms. The lowest BCUT2D eigenvalue weighted by atomic mass is 10.3. The van der Waals surface area contributed by atoms with Crippen LogP contribution in [-0.4, -0.2) is 4.98 Å². The SMILES string of the molecule is Cc1csc2[nH]ccc12. The molecular weight excluding hydrogens is 130 g/mol. The van der Waals surface area contributed by atoms with Crippen molar-refractivity contribution in [2.24, 2.45) is 0 Å². The topological polar surface area (TPSA) is 15.8 Å². The zero-order valence-electron chi connectivity index (χ0n) is 5.14. The van der Waals surface area contributed by atoms with Gasteiger partial charge in [0.2, 0.25) is 0 Å². The summed E-state index contributed by atoms with van der Waals surface area (Å²) < 4.78 is 0. The Hall–Kier alpha value is -0.760. The van der Waals surface area contributed by atoms with Crippen LogP contribution in [0, 0.1) is 6.92 Å². The Morgan fingerprint density at radius 3 is 3.22 bits per heavy atom. The predicted octanol–water partition coefficient (Wildman–Crippen LogP) is 2.54. The molecule has 9 heavy (non-hydrogen) atoms. The predicted molar refractivity (Wildman–Crippen MR) is 40.9 cm³/mol. The summed E-state index contributed by atoms with van der Waals surface area (Å²) >= 11 is 1.77. The summed E-state index contributed by atoms with van der Waals surface area (Å²) in [6.07, 6.45) is 1.98. The van der Waals surface area contributed by atoms with Crippen LogP contribution >= 0.6 is 11.3 Å². The second kappa shape index (κ2) is 1.61. The van der Waals surface area contributed by atoms with Crippen LogP contribution in [0.5, 0.6) is 0 Å². The van der Waals surface area contributed by atoms with Crippen LogP contribution in [-0.2, 0) is 0 Å². The average Bonchev–Trinajstić information content (AvgIpc) is 2.35. The molecule has 1 nitrogen and oxygen atoms in total. The molecule has 0 aliphatic rings. The quantitative estimate of drug-likeness (QED) is 0.574. The molecule has 0 aliphatic carbocycles. The van der Waals surface area contributed by atoms with Gasteiger partial charge in [0, 0.05) is 11.6 Å². The number of aromatic amines is 1. The molecule has 0 aliphatic heterocycles. The standard InChI is InChI=1S/C7H7NS/c1-5-4-9-7-6(5)2-3-8-7/h2-4,8H,1H3. The number of aromatic nitrogens is 1. The fraction of sp³-hybridized carbons (Fsp3) is 0.143. The highest BCUT2D eigenvalue weighted by Crippen LogP contribution is 2.22. The van der Waals surface area contributed by atoms with Crippen molar-refractivity contribution < 1.29 is 0 Å². The van der Waals surface area contributed by atoms with E-state index in [9.17, 15) is 0 Å². The van der Waals surface area contributed by atoms with Crippen molar-refractivity contribution in [1.82, 2.24) is 4.98 Å². The number of thiophene rings is 1. The number of hydrogen-bond acceptors (Lipinski definition) is 1. The highest BCUT2D eigenvalue weighted by Gasteiger charge is 1.97. The number of rotatable bonds is 0. The molecule has 1 N–H and O–H groups in total. The zero-order valence-corrected chi connectivity index (χ0v) is 5.96. The number of aryl methyl sites for hydroxylation is 1. The monoisotopic (exact) mass is 137 g/mol. The Balaban J connectivity index is 2.99. The van der Waals surface area contributed by atoms with E-state index in [0.717, 1.165) is 0 Å². The summed E-state index contributed by atoms with van der Waals surface area (Å²) in [6.45, 7) is 2.13. The van der Waals surface area contributed by atoms with E-state index in [2.05, 4.69) is 23.4 Å². The van der Waals surface area contributed by atoms with Crippen molar-refractivity contribution in [3.05, 3.63) is 23.2 Å². The molecule has 0 atom stereocenters. The van der Waals surface area contributed by atoms with Crippen LogP contribution < -0.4 is 0 Å². The number of hydrogen-bond donors (Lipinski definition) is 1. The van der Waals surface area contributed by atoms with Crippen LogP contribution in [0.25, 0.3) is 10.2 Å². The van der Waals surface area contributed by atoms with E-state index in [4.69, 9.17) is 0 Å². The molecule has 2 aromatic heterocycles. The fourth-order valence-electron chi connectivity index (χ4n) is 0.973. The number of nitrogens with one attached hydrogen (secondary N) is 1. The molecule has 0 aromatic carbocycles. The fourth-order valence-corrected chi connectivity index (χ4v) is 1.89. The molecule has 46 valence electrons. The van der Waals surface area contributed by atoms with Crippen molar-refractivity contribution in [3.63, 3.8) is 0 Å². The summed E-state index contributed by atoms with van der Waals surface area (Å²) in [5, 5.41) is 3.53. The largest absolute Gasteiger partial charge is 0.353 e. The highest BCUT2D eigenvalue weighted by atomic mass is 32.1. The molecule has 2 aromatic rings. The first-order valence-corrected chi connectivity index (χ1v) is 3.77. The highest BCUT2D eigenvalue weighted by molar-refractivity contribution is 7.16. The van der Waals surface area contributed by atoms with Crippen molar-refractivity contribution >= 4 is 21.6 Å². The van der Waals surface area contributed by atoms with Gasteiger partial charge in [-0.2, -0.15) is 0 Å². The Kier molecular flexibility index (Phi) is 0.904. The normalized spacial score (nSPS) is 10.8. The second-order valence-electron chi connectivity index (χ2n) is 2.14. The minimum absolute atomic E-state index is 1.28. The van der Waals surface area contributed by atoms with Crippen LogP contribution in [0.3, 0.4) is 0 Å². The lowest BCUT2D eigenvalue weighted by Crippen LogP contribution is -1.56. The maximum atomic E-state index is 3.16. The van der Waals surface area contributed by atoms with Crippen molar-refractivity contribution in [3.8, 4) is 0 Å². The summed E-state index contributed by atoms with van der Waals surface area (Å²) in [7, 11) is 0. The molecule has 0 saturated carbocycles.